The minimum Gasteiger partial charge on any atom is -1.00 e. The zero-order valence-electron chi connectivity index (χ0n) is 31.7. The average molecular weight is 903 g/mol. The molecule has 4 fully saturated rings. The summed E-state index contributed by atoms with van der Waals surface area (Å²) < 4.78 is 20.6. The molecule has 0 N–H and O–H groups in total. The van der Waals surface area contributed by atoms with Crippen molar-refractivity contribution in [2.75, 3.05) is 60.5 Å². The van der Waals surface area contributed by atoms with Gasteiger partial charge in [0.2, 0.25) is 0 Å². The first-order valence-corrected chi connectivity index (χ1v) is 18.9. The smallest absolute Gasteiger partial charge is 0.303 e. The number of halogens is 2. The molecule has 1 heterocycles. The summed E-state index contributed by atoms with van der Waals surface area (Å²) in [6.45, 7) is 17.6. The monoisotopic (exact) mass is 902 g/mol. The van der Waals surface area contributed by atoms with Gasteiger partial charge in [-0.1, -0.05) is 37.6 Å². The van der Waals surface area contributed by atoms with Crippen LogP contribution in [0.1, 0.15) is 98.0 Å². The van der Waals surface area contributed by atoms with E-state index >= 15 is 0 Å². The highest BCUT2D eigenvalue weighted by molar-refractivity contribution is 5.68. The van der Waals surface area contributed by atoms with E-state index in [1.807, 2.05) is 6.07 Å². The molecule has 7 atom stereocenters. The normalized spacial score (nSPS) is 34.0. The Labute approximate surface area is 332 Å². The zero-order chi connectivity index (χ0) is 33.6. The fraction of sp³-hybridized carbons (Fsp3) is 0.732. The highest BCUT2D eigenvalue weighted by Crippen LogP contribution is 2.66. The Bertz CT molecular complexity index is 1390. The average Bonchev–Trinajstić information content (AvgIpc) is 3.62. The lowest BCUT2D eigenvalue weighted by molar-refractivity contribution is -0.923. The lowest BCUT2D eigenvalue weighted by Crippen LogP contribution is -3.00. The number of methoxy groups -OCH3 is 1. The highest BCUT2D eigenvalue weighted by atomic mass is 127. The van der Waals surface area contributed by atoms with Gasteiger partial charge in [0.05, 0.1) is 53.4 Å². The Morgan fingerprint density at radius 1 is 1.02 bits per heavy atom. The number of carbonyl (C=O) groups is 1. The predicted molar refractivity (Wildman–Crippen MR) is 190 cm³/mol. The Morgan fingerprint density at radius 2 is 1.73 bits per heavy atom. The Hall–Kier alpha value is -0.850. The summed E-state index contributed by atoms with van der Waals surface area (Å²) in [4.78, 5) is 12.6. The van der Waals surface area contributed by atoms with E-state index in [4.69, 9.17) is 14.2 Å². The number of ether oxygens (including phenoxy) is 3. The molecule has 4 aliphatic carbocycles. The number of carbonyl (C=O) groups excluding carboxylic acids is 1. The molecule has 0 aromatic heterocycles. The summed E-state index contributed by atoms with van der Waals surface area (Å²) in [5, 5.41) is 0. The SMILES string of the molecule is CC[N+](C)(CC)CCOc1ccc(/C=C2\C[C@H]3[C@@H]4CC=C5C[C@@H]([N+]6(C)CCCC6)CC[C@]5(C)[C@H]4CC[C@]3(C)[C@H]2OC(C)=O)cc1OC.[I-].[I-]. The number of likely N-dealkylation sites (tertiary alicyclic amines) is 1. The van der Waals surface area contributed by atoms with Gasteiger partial charge in [0, 0.05) is 38.0 Å². The van der Waals surface area contributed by atoms with Gasteiger partial charge in [-0.25, -0.2) is 0 Å². The van der Waals surface area contributed by atoms with Crippen molar-refractivity contribution in [2.24, 2.45) is 28.6 Å². The quantitative estimate of drug-likeness (QED) is 0.157. The number of nitrogens with zero attached hydrogens (tertiary/aromatic N) is 2. The minimum atomic E-state index is -0.181. The van der Waals surface area contributed by atoms with E-state index in [1.165, 1.54) is 68.1 Å². The molecule has 0 radical (unpaired) electrons. The molecule has 0 spiro atoms. The van der Waals surface area contributed by atoms with E-state index in [0.29, 0.717) is 23.9 Å². The first kappa shape index (κ1) is 40.9. The largest absolute Gasteiger partial charge is 1.00 e. The van der Waals surface area contributed by atoms with Gasteiger partial charge in [0.15, 0.2) is 11.5 Å². The van der Waals surface area contributed by atoms with Crippen LogP contribution in [0.5, 0.6) is 11.5 Å². The summed E-state index contributed by atoms with van der Waals surface area (Å²) >= 11 is 0. The van der Waals surface area contributed by atoms with E-state index in [0.717, 1.165) is 66.0 Å². The Morgan fingerprint density at radius 3 is 2.39 bits per heavy atom. The maximum atomic E-state index is 12.6. The Balaban J connectivity index is 0.00000270. The van der Waals surface area contributed by atoms with Crippen LogP contribution in [-0.4, -0.2) is 87.6 Å². The van der Waals surface area contributed by atoms with Gasteiger partial charge in [-0.15, -0.1) is 0 Å². The maximum Gasteiger partial charge on any atom is 0.303 e. The van der Waals surface area contributed by atoms with Crippen molar-refractivity contribution in [3.05, 3.63) is 41.0 Å². The molecule has 0 bridgehead atoms. The second kappa shape index (κ2) is 16.0. The fourth-order valence-corrected chi connectivity index (χ4v) is 11.0. The zero-order valence-corrected chi connectivity index (χ0v) is 36.0. The summed E-state index contributed by atoms with van der Waals surface area (Å²) in [5.41, 5.74) is 4.40. The molecule has 3 saturated carbocycles. The van der Waals surface area contributed by atoms with E-state index in [-0.39, 0.29) is 65.4 Å². The number of likely N-dealkylation sites (N-methyl/N-ethyl adjacent to an activating group) is 1. The van der Waals surface area contributed by atoms with E-state index < -0.39 is 0 Å². The maximum absolute atomic E-state index is 12.6. The van der Waals surface area contributed by atoms with Crippen LogP contribution in [0.15, 0.2) is 35.4 Å². The third-order valence-corrected chi connectivity index (χ3v) is 14.6. The van der Waals surface area contributed by atoms with E-state index in [2.05, 4.69) is 66.1 Å². The van der Waals surface area contributed by atoms with Crippen LogP contribution in [0.25, 0.3) is 6.08 Å². The third kappa shape index (κ3) is 7.78. The molecule has 49 heavy (non-hydrogen) atoms. The lowest BCUT2D eigenvalue weighted by Gasteiger charge is -2.58. The van der Waals surface area contributed by atoms with Crippen LogP contribution in [0, 0.1) is 28.6 Å². The topological polar surface area (TPSA) is 44.8 Å². The third-order valence-electron chi connectivity index (χ3n) is 14.6. The van der Waals surface area contributed by atoms with Crippen LogP contribution in [-0.2, 0) is 9.53 Å². The number of hydrogen-bond acceptors (Lipinski definition) is 4. The summed E-state index contributed by atoms with van der Waals surface area (Å²) in [7, 11) is 6.53. The van der Waals surface area contributed by atoms with Gasteiger partial charge >= 0.3 is 5.97 Å². The van der Waals surface area contributed by atoms with Gasteiger partial charge in [-0.05, 0) is 92.4 Å². The summed E-state index contributed by atoms with van der Waals surface area (Å²) in [6, 6.07) is 7.07. The van der Waals surface area contributed by atoms with Crippen LogP contribution >= 0.6 is 0 Å². The van der Waals surface area contributed by atoms with Gasteiger partial charge in [0.25, 0.3) is 0 Å². The van der Waals surface area contributed by atoms with Crippen LogP contribution in [0.2, 0.25) is 0 Å². The second-order valence-electron chi connectivity index (χ2n) is 17.0. The molecule has 1 saturated heterocycles. The molecule has 6 rings (SSSR count). The molecular weight excluding hydrogens is 838 g/mol. The van der Waals surface area contributed by atoms with Gasteiger partial charge in [-0.3, -0.25) is 4.79 Å². The number of esters is 1. The van der Waals surface area contributed by atoms with Crippen LogP contribution in [0.3, 0.4) is 0 Å². The number of rotatable bonds is 10. The minimum absolute atomic E-state index is 0. The predicted octanol–water partition coefficient (Wildman–Crippen LogP) is 2.07. The van der Waals surface area contributed by atoms with E-state index in [1.54, 1.807) is 19.6 Å². The van der Waals surface area contributed by atoms with Gasteiger partial charge in [-0.2, -0.15) is 0 Å². The molecule has 8 heteroatoms. The Kier molecular flexibility index (Phi) is 13.4. The number of allylic oxidation sites excluding steroid dienone is 1. The van der Waals surface area contributed by atoms with Crippen LogP contribution < -0.4 is 57.4 Å². The molecule has 1 aromatic rings. The fourth-order valence-electron chi connectivity index (χ4n) is 11.0. The highest BCUT2D eigenvalue weighted by Gasteiger charge is 2.61. The molecule has 1 aliphatic heterocycles. The van der Waals surface area contributed by atoms with Crippen molar-refractivity contribution in [3.63, 3.8) is 0 Å². The second-order valence-corrected chi connectivity index (χ2v) is 17.0. The molecule has 0 amide bonds. The summed E-state index contributed by atoms with van der Waals surface area (Å²) in [5.74, 6) is 3.24. The van der Waals surface area contributed by atoms with Crippen molar-refractivity contribution in [1.82, 2.24) is 0 Å². The number of quaternary nitrogens is 2. The van der Waals surface area contributed by atoms with Gasteiger partial charge in [0.1, 0.15) is 19.3 Å². The van der Waals surface area contributed by atoms with Crippen molar-refractivity contribution in [3.8, 4) is 11.5 Å². The summed E-state index contributed by atoms with van der Waals surface area (Å²) in [6.07, 6.45) is 16.1. The molecule has 5 aliphatic rings. The van der Waals surface area contributed by atoms with Gasteiger partial charge < -0.3 is 71.1 Å². The first-order chi connectivity index (χ1) is 22.4. The van der Waals surface area contributed by atoms with Crippen molar-refractivity contribution >= 4 is 12.0 Å². The molecule has 276 valence electrons. The number of benzene rings is 1. The molecule has 1 aromatic carbocycles. The lowest BCUT2D eigenvalue weighted by atomic mass is 9.47. The van der Waals surface area contributed by atoms with Crippen LogP contribution in [0.4, 0.5) is 0 Å². The molecule has 6 nitrogen and oxygen atoms in total. The first-order valence-electron chi connectivity index (χ1n) is 18.9. The molecular formula is C41H64I2N2O4. The standard InChI is InChI=1S/C41H64N2O4.2HI/c1-9-42(6,10-2)23-24-46-37-16-13-30(26-38(37)45-8)25-31-27-36-34-15-14-32-28-33(43(7)21-11-12-22-43)17-19-40(32,4)35(34)18-20-41(36,5)39(31)47-29(3)44;;/h13-14,16,25-26,33-36,39H,9-12,15,17-24,27-28H2,1-8H3;2*1H/q+2;;/p-2/b31-25+;;/t33-,34+,35-,36-,39-,40-,41-;;/m0../s1. The number of fused-ring (bicyclic) bond motifs is 5. The van der Waals surface area contributed by atoms with Crippen molar-refractivity contribution in [1.29, 1.82) is 0 Å². The van der Waals surface area contributed by atoms with Crippen molar-refractivity contribution < 1.29 is 75.9 Å². The molecule has 0 unspecified atom stereocenters. The van der Waals surface area contributed by atoms with E-state index in [9.17, 15) is 4.79 Å². The van der Waals surface area contributed by atoms with Crippen molar-refractivity contribution in [2.45, 2.75) is 105 Å². The number of hydrogen-bond donors (Lipinski definition) is 0.